The van der Waals surface area contributed by atoms with E-state index in [1.165, 1.54) is 11.7 Å². The van der Waals surface area contributed by atoms with Gasteiger partial charge in [0.05, 0.1) is 0 Å². The van der Waals surface area contributed by atoms with Crippen molar-refractivity contribution in [3.8, 4) is 0 Å². The van der Waals surface area contributed by atoms with Gasteiger partial charge in [-0.25, -0.2) is 0 Å². The summed E-state index contributed by atoms with van der Waals surface area (Å²) >= 11 is 0. The van der Waals surface area contributed by atoms with Crippen molar-refractivity contribution >= 4 is 21.5 Å². The predicted molar refractivity (Wildman–Crippen MR) is 79.2 cm³/mol. The number of rotatable bonds is 3. The maximum absolute atomic E-state index is 3.73. The fourth-order valence-electron chi connectivity index (χ4n) is 1.17. The summed E-state index contributed by atoms with van der Waals surface area (Å²) in [5.41, 5.74) is 3.36. The van der Waals surface area contributed by atoms with Crippen LogP contribution < -0.4 is 0 Å². The summed E-state index contributed by atoms with van der Waals surface area (Å²) in [4.78, 5) is 3.73. The molecule has 86 valence electrons. The van der Waals surface area contributed by atoms with Crippen LogP contribution in [0.5, 0.6) is 0 Å². The van der Waals surface area contributed by atoms with Gasteiger partial charge in [0.25, 0.3) is 0 Å². The third-order valence-corrected chi connectivity index (χ3v) is 1.80. The van der Waals surface area contributed by atoms with E-state index < -0.39 is 0 Å². The van der Waals surface area contributed by atoms with Gasteiger partial charge < -0.3 is 0 Å². The van der Waals surface area contributed by atoms with Crippen molar-refractivity contribution in [2.45, 2.75) is 13.8 Å². The first-order valence-electron chi connectivity index (χ1n) is 5.25. The molecule has 0 amide bonds. The fraction of sp³-hybridized carbons (Fsp3) is 0.214. The zero-order valence-corrected chi connectivity index (χ0v) is 11.3. The SMILES string of the molecule is C=C/C(=C\N=C)c1cccc(C)c1.CCP. The van der Waals surface area contributed by atoms with E-state index in [2.05, 4.69) is 53.5 Å². The first-order valence-corrected chi connectivity index (χ1v) is 6.06. The van der Waals surface area contributed by atoms with Gasteiger partial charge in [0.15, 0.2) is 0 Å². The maximum atomic E-state index is 3.73. The van der Waals surface area contributed by atoms with Crippen molar-refractivity contribution in [3.63, 3.8) is 0 Å². The first kappa shape index (κ1) is 14.8. The van der Waals surface area contributed by atoms with Crippen LogP contribution >= 0.6 is 9.24 Å². The molecule has 0 aliphatic rings. The average molecular weight is 233 g/mol. The molecule has 0 aromatic heterocycles. The summed E-state index contributed by atoms with van der Waals surface area (Å²) in [6.45, 7) is 11.3. The molecule has 0 spiro atoms. The summed E-state index contributed by atoms with van der Waals surface area (Å²) in [5.74, 6) is 0. The standard InChI is InChI=1S/C12H13N.C2H7P/c1-4-11(9-13-3)12-7-5-6-10(2)8-12;1-2-3/h4-9H,1,3H2,2H3;2-3H2,1H3/b11-9+;. The highest BCUT2D eigenvalue weighted by molar-refractivity contribution is 7.16. The maximum Gasteiger partial charge on any atom is 0.0338 e. The molecule has 1 aromatic carbocycles. The lowest BCUT2D eigenvalue weighted by atomic mass is 10.0. The number of aliphatic imine (C=N–C) groups is 1. The van der Waals surface area contributed by atoms with E-state index in [4.69, 9.17) is 0 Å². The Labute approximate surface area is 101 Å². The number of aryl methyl sites for hydroxylation is 1. The minimum absolute atomic E-state index is 0.999. The molecule has 0 fully saturated rings. The van der Waals surface area contributed by atoms with Gasteiger partial charge in [-0.1, -0.05) is 49.4 Å². The van der Waals surface area contributed by atoms with Gasteiger partial charge in [-0.05, 0) is 30.9 Å². The summed E-state index contributed by atoms with van der Waals surface area (Å²) < 4.78 is 0. The van der Waals surface area contributed by atoms with Crippen LogP contribution in [0.3, 0.4) is 0 Å². The Bertz CT molecular complexity index is 367. The second kappa shape index (κ2) is 9.06. The van der Waals surface area contributed by atoms with Gasteiger partial charge in [0.2, 0.25) is 0 Å². The molecule has 0 heterocycles. The molecule has 0 radical (unpaired) electrons. The minimum atomic E-state index is 0.999. The lowest BCUT2D eigenvalue weighted by molar-refractivity contribution is 1.44. The van der Waals surface area contributed by atoms with E-state index in [0.717, 1.165) is 11.1 Å². The molecule has 2 heteroatoms. The molecular formula is C14H20NP. The summed E-state index contributed by atoms with van der Waals surface area (Å²) in [7, 11) is 2.58. The molecule has 0 aliphatic heterocycles. The number of hydrogen-bond acceptors (Lipinski definition) is 1. The Morgan fingerprint density at radius 1 is 1.50 bits per heavy atom. The monoisotopic (exact) mass is 233 g/mol. The van der Waals surface area contributed by atoms with Gasteiger partial charge in [-0.15, -0.1) is 9.24 Å². The van der Waals surface area contributed by atoms with Crippen molar-refractivity contribution < 1.29 is 0 Å². The largest absolute Gasteiger partial charge is 0.272 e. The van der Waals surface area contributed by atoms with E-state index in [0.29, 0.717) is 0 Å². The van der Waals surface area contributed by atoms with Crippen LogP contribution in [0.2, 0.25) is 0 Å². The minimum Gasteiger partial charge on any atom is -0.272 e. The van der Waals surface area contributed by atoms with Crippen LogP contribution in [0.15, 0.2) is 48.1 Å². The Hall–Kier alpha value is -1.20. The Morgan fingerprint density at radius 3 is 2.56 bits per heavy atom. The topological polar surface area (TPSA) is 12.4 Å². The normalized spacial score (nSPS) is 10.1. The molecule has 1 rings (SSSR count). The van der Waals surface area contributed by atoms with Gasteiger partial charge in [-0.3, -0.25) is 4.99 Å². The second-order valence-corrected chi connectivity index (χ2v) is 4.07. The van der Waals surface area contributed by atoms with Crippen LogP contribution in [0.4, 0.5) is 0 Å². The zero-order valence-electron chi connectivity index (χ0n) is 10.1. The first-order chi connectivity index (χ1) is 7.69. The third-order valence-electron chi connectivity index (χ3n) is 1.80. The Kier molecular flexibility index (Phi) is 8.38. The molecule has 1 unspecified atom stereocenters. The predicted octanol–water partition coefficient (Wildman–Crippen LogP) is 4.10. The van der Waals surface area contributed by atoms with E-state index in [-0.39, 0.29) is 0 Å². The number of allylic oxidation sites excluding steroid dienone is 2. The highest BCUT2D eigenvalue weighted by Crippen LogP contribution is 2.16. The summed E-state index contributed by atoms with van der Waals surface area (Å²) in [5, 5.41) is 0. The molecule has 0 bridgehead atoms. The zero-order chi connectivity index (χ0) is 12.4. The fourth-order valence-corrected chi connectivity index (χ4v) is 1.17. The summed E-state index contributed by atoms with van der Waals surface area (Å²) in [6, 6.07) is 8.21. The highest BCUT2D eigenvalue weighted by Gasteiger charge is 1.95. The van der Waals surface area contributed by atoms with Crippen molar-refractivity contribution in [3.05, 3.63) is 54.2 Å². The lowest BCUT2D eigenvalue weighted by Crippen LogP contribution is -1.81. The van der Waals surface area contributed by atoms with Crippen LogP contribution in [0.1, 0.15) is 18.1 Å². The van der Waals surface area contributed by atoms with Gasteiger partial charge in [0.1, 0.15) is 0 Å². The molecule has 1 nitrogen and oxygen atoms in total. The van der Waals surface area contributed by atoms with Gasteiger partial charge in [-0.2, -0.15) is 0 Å². The van der Waals surface area contributed by atoms with Crippen molar-refractivity contribution in [1.29, 1.82) is 0 Å². The van der Waals surface area contributed by atoms with E-state index in [1.54, 1.807) is 12.3 Å². The van der Waals surface area contributed by atoms with Crippen molar-refractivity contribution in [2.24, 2.45) is 4.99 Å². The van der Waals surface area contributed by atoms with Gasteiger partial charge >= 0.3 is 0 Å². The molecular weight excluding hydrogens is 213 g/mol. The number of nitrogens with zero attached hydrogens (tertiary/aromatic N) is 1. The quantitative estimate of drug-likeness (QED) is 0.423. The lowest BCUT2D eigenvalue weighted by Gasteiger charge is -2.01. The molecule has 1 atom stereocenters. The second-order valence-electron chi connectivity index (χ2n) is 3.25. The van der Waals surface area contributed by atoms with Crippen LogP contribution in [-0.2, 0) is 0 Å². The van der Waals surface area contributed by atoms with Crippen molar-refractivity contribution in [1.82, 2.24) is 0 Å². The van der Waals surface area contributed by atoms with E-state index >= 15 is 0 Å². The smallest absolute Gasteiger partial charge is 0.0338 e. The molecule has 1 aromatic rings. The van der Waals surface area contributed by atoms with Crippen molar-refractivity contribution in [2.75, 3.05) is 6.16 Å². The number of hydrogen-bond donors (Lipinski definition) is 0. The van der Waals surface area contributed by atoms with E-state index in [9.17, 15) is 0 Å². The highest BCUT2D eigenvalue weighted by atomic mass is 31.0. The molecule has 0 N–H and O–H groups in total. The summed E-state index contributed by atoms with van der Waals surface area (Å²) in [6.07, 6.45) is 4.66. The van der Waals surface area contributed by atoms with E-state index in [1.807, 2.05) is 12.1 Å². The Balaban J connectivity index is 0.000000673. The van der Waals surface area contributed by atoms with Crippen LogP contribution in [0.25, 0.3) is 5.57 Å². The molecule has 0 saturated carbocycles. The van der Waals surface area contributed by atoms with Crippen LogP contribution in [0, 0.1) is 6.92 Å². The van der Waals surface area contributed by atoms with Gasteiger partial charge in [0, 0.05) is 6.20 Å². The number of benzene rings is 1. The molecule has 0 aliphatic carbocycles. The molecule has 0 saturated heterocycles. The van der Waals surface area contributed by atoms with Crippen LogP contribution in [-0.4, -0.2) is 12.9 Å². The average Bonchev–Trinajstić information content (AvgIpc) is 2.27. The Morgan fingerprint density at radius 2 is 2.12 bits per heavy atom. The molecule has 16 heavy (non-hydrogen) atoms. The third kappa shape index (κ3) is 5.63.